The maximum Gasteiger partial charge on any atom is 0.200 e. The van der Waals surface area contributed by atoms with Crippen LogP contribution in [-0.4, -0.2) is 26.7 Å². The third-order valence-electron chi connectivity index (χ3n) is 2.57. The van der Waals surface area contributed by atoms with E-state index < -0.39 is 41.2 Å². The quantitative estimate of drug-likeness (QED) is 0.529. The minimum atomic E-state index is -2.21. The van der Waals surface area contributed by atoms with E-state index in [0.29, 0.717) is 5.69 Å². The van der Waals surface area contributed by atoms with Gasteiger partial charge in [0.1, 0.15) is 0 Å². The van der Waals surface area contributed by atoms with Crippen molar-refractivity contribution in [2.45, 2.75) is 13.0 Å². The van der Waals surface area contributed by atoms with Gasteiger partial charge < -0.3 is 5.11 Å². The monoisotopic (exact) mass is 293 g/mol. The lowest BCUT2D eigenvalue weighted by atomic mass is 10.1. The molecule has 9 heteroatoms. The molecule has 0 radical (unpaired) electrons. The van der Waals surface area contributed by atoms with Crippen molar-refractivity contribution in [1.82, 2.24) is 15.0 Å². The van der Waals surface area contributed by atoms with E-state index in [2.05, 4.69) is 10.3 Å². The van der Waals surface area contributed by atoms with E-state index in [1.54, 1.807) is 0 Å². The summed E-state index contributed by atoms with van der Waals surface area (Å²) in [7, 11) is 0. The zero-order chi connectivity index (χ0) is 14.9. The lowest BCUT2D eigenvalue weighted by Gasteiger charge is -2.07. The predicted molar refractivity (Wildman–Crippen MR) is 56.1 cm³/mol. The number of hydrogen-bond donors (Lipinski definition) is 1. The normalized spacial score (nSPS) is 11.1. The minimum absolute atomic E-state index is 0.164. The molecule has 0 bridgehead atoms. The molecule has 1 aromatic carbocycles. The van der Waals surface area contributed by atoms with Crippen LogP contribution in [0.4, 0.5) is 22.0 Å². The second-order valence-electron chi connectivity index (χ2n) is 3.93. The number of aliphatic hydroxyl groups excluding tert-OH is 1. The van der Waals surface area contributed by atoms with Crippen molar-refractivity contribution in [2.75, 3.05) is 6.61 Å². The molecule has 4 nitrogen and oxygen atoms in total. The summed E-state index contributed by atoms with van der Waals surface area (Å²) in [6.45, 7) is -0.870. The summed E-state index contributed by atoms with van der Waals surface area (Å²) in [5, 5.41) is 15.7. The second kappa shape index (κ2) is 5.53. The molecular weight excluding hydrogens is 285 g/mol. The van der Waals surface area contributed by atoms with Gasteiger partial charge in [0.05, 0.1) is 17.8 Å². The Balaban J connectivity index is 2.38. The molecule has 108 valence electrons. The van der Waals surface area contributed by atoms with E-state index >= 15 is 0 Å². The predicted octanol–water partition coefficient (Wildman–Crippen LogP) is 1.56. The molecule has 1 aromatic heterocycles. The Morgan fingerprint density at radius 1 is 0.950 bits per heavy atom. The fraction of sp³-hybridized carbons (Fsp3) is 0.273. The van der Waals surface area contributed by atoms with Crippen LogP contribution in [0.5, 0.6) is 0 Å². The number of aromatic nitrogens is 3. The first-order valence-corrected chi connectivity index (χ1v) is 5.45. The summed E-state index contributed by atoms with van der Waals surface area (Å²) in [4.78, 5) is 0. The van der Waals surface area contributed by atoms with Crippen molar-refractivity contribution < 1.29 is 27.1 Å². The summed E-state index contributed by atoms with van der Waals surface area (Å²) in [5.41, 5.74) is -0.668. The Morgan fingerprint density at radius 3 is 2.05 bits per heavy atom. The van der Waals surface area contributed by atoms with Crippen LogP contribution in [0.2, 0.25) is 0 Å². The van der Waals surface area contributed by atoms with Crippen LogP contribution in [0.25, 0.3) is 0 Å². The molecular formula is C11H8F5N3O. The van der Waals surface area contributed by atoms with E-state index in [1.807, 2.05) is 0 Å². The average Bonchev–Trinajstić information content (AvgIpc) is 2.87. The molecule has 0 saturated carbocycles. The number of hydrogen-bond acceptors (Lipinski definition) is 3. The molecule has 0 fully saturated rings. The molecule has 0 atom stereocenters. The van der Waals surface area contributed by atoms with E-state index in [4.69, 9.17) is 5.11 Å². The van der Waals surface area contributed by atoms with Gasteiger partial charge in [-0.05, 0) is 0 Å². The molecule has 1 heterocycles. The Bertz CT molecular complexity index is 614. The van der Waals surface area contributed by atoms with Crippen LogP contribution >= 0.6 is 0 Å². The molecule has 0 saturated heterocycles. The largest absolute Gasteiger partial charge is 0.396 e. The van der Waals surface area contributed by atoms with Gasteiger partial charge in [0.2, 0.25) is 5.82 Å². The second-order valence-corrected chi connectivity index (χ2v) is 3.93. The summed E-state index contributed by atoms with van der Waals surface area (Å²) >= 11 is 0. The fourth-order valence-electron chi connectivity index (χ4n) is 1.60. The fourth-order valence-corrected chi connectivity index (χ4v) is 1.60. The SMILES string of the molecule is OCCc1cn(Cc2c(F)c(F)c(F)c(F)c2F)nn1. The van der Waals surface area contributed by atoms with Gasteiger partial charge in [0.15, 0.2) is 23.3 Å². The lowest BCUT2D eigenvalue weighted by molar-refractivity contribution is 0.298. The van der Waals surface area contributed by atoms with E-state index in [9.17, 15) is 22.0 Å². The highest BCUT2D eigenvalue weighted by atomic mass is 19.2. The highest BCUT2D eigenvalue weighted by molar-refractivity contribution is 5.24. The lowest BCUT2D eigenvalue weighted by Crippen LogP contribution is -2.11. The van der Waals surface area contributed by atoms with Crippen molar-refractivity contribution in [1.29, 1.82) is 0 Å². The molecule has 0 aliphatic heterocycles. The van der Waals surface area contributed by atoms with Gasteiger partial charge in [-0.2, -0.15) is 0 Å². The maximum absolute atomic E-state index is 13.4. The van der Waals surface area contributed by atoms with Crippen molar-refractivity contribution in [2.24, 2.45) is 0 Å². The molecule has 2 aromatic rings. The topological polar surface area (TPSA) is 50.9 Å². The zero-order valence-corrected chi connectivity index (χ0v) is 9.88. The highest BCUT2D eigenvalue weighted by Crippen LogP contribution is 2.23. The summed E-state index contributed by atoms with van der Waals surface area (Å²) < 4.78 is 66.6. The van der Waals surface area contributed by atoms with Crippen LogP contribution < -0.4 is 0 Å². The summed E-state index contributed by atoms with van der Waals surface area (Å²) in [6.07, 6.45) is 1.41. The molecule has 20 heavy (non-hydrogen) atoms. The third-order valence-corrected chi connectivity index (χ3v) is 2.57. The molecule has 0 spiro atoms. The molecule has 0 unspecified atom stereocenters. The standard InChI is InChI=1S/C11H8F5N3O/c12-7-6(8(13)10(15)11(16)9(7)14)4-19-3-5(1-2-20)17-18-19/h3,20H,1-2,4H2. The van der Waals surface area contributed by atoms with Gasteiger partial charge in [0.25, 0.3) is 0 Å². The highest BCUT2D eigenvalue weighted by Gasteiger charge is 2.25. The smallest absolute Gasteiger partial charge is 0.200 e. The van der Waals surface area contributed by atoms with Gasteiger partial charge in [-0.15, -0.1) is 5.10 Å². The van der Waals surface area contributed by atoms with Crippen molar-refractivity contribution in [3.8, 4) is 0 Å². The summed E-state index contributed by atoms with van der Waals surface area (Å²) in [5.74, 6) is -10.0. The van der Waals surface area contributed by atoms with E-state index in [0.717, 1.165) is 4.68 Å². The molecule has 0 aliphatic carbocycles. The van der Waals surface area contributed by atoms with Gasteiger partial charge in [-0.1, -0.05) is 5.21 Å². The first kappa shape index (κ1) is 14.4. The number of halogens is 5. The molecule has 1 N–H and O–H groups in total. The molecule has 0 aliphatic rings. The van der Waals surface area contributed by atoms with E-state index in [-0.39, 0.29) is 13.0 Å². The van der Waals surface area contributed by atoms with Crippen LogP contribution in [-0.2, 0) is 13.0 Å². The van der Waals surface area contributed by atoms with E-state index in [1.165, 1.54) is 6.20 Å². The molecule has 0 amide bonds. The first-order chi connectivity index (χ1) is 9.45. The number of nitrogens with zero attached hydrogens (tertiary/aromatic N) is 3. The van der Waals surface area contributed by atoms with Crippen molar-refractivity contribution in [3.05, 3.63) is 46.5 Å². The van der Waals surface area contributed by atoms with Gasteiger partial charge in [-0.25, -0.2) is 26.6 Å². The van der Waals surface area contributed by atoms with Crippen LogP contribution in [0.1, 0.15) is 11.3 Å². The number of benzene rings is 1. The van der Waals surface area contributed by atoms with Crippen molar-refractivity contribution >= 4 is 0 Å². The minimum Gasteiger partial charge on any atom is -0.396 e. The van der Waals surface area contributed by atoms with Crippen LogP contribution in [0.3, 0.4) is 0 Å². The Labute approximate surface area is 109 Å². The maximum atomic E-state index is 13.4. The zero-order valence-electron chi connectivity index (χ0n) is 9.88. The van der Waals surface area contributed by atoms with Crippen LogP contribution in [0, 0.1) is 29.1 Å². The van der Waals surface area contributed by atoms with Gasteiger partial charge in [0, 0.05) is 19.2 Å². The number of aliphatic hydroxyl groups is 1. The molecule has 2 rings (SSSR count). The summed E-state index contributed by atoms with van der Waals surface area (Å²) in [6, 6.07) is 0. The van der Waals surface area contributed by atoms with Crippen LogP contribution in [0.15, 0.2) is 6.20 Å². The first-order valence-electron chi connectivity index (χ1n) is 5.45. The number of rotatable bonds is 4. The van der Waals surface area contributed by atoms with Crippen molar-refractivity contribution in [3.63, 3.8) is 0 Å². The van der Waals surface area contributed by atoms with Gasteiger partial charge in [-0.3, -0.25) is 0 Å². The Hall–Kier alpha value is -2.03. The third kappa shape index (κ3) is 2.48. The Kier molecular flexibility index (Phi) is 3.98. The Morgan fingerprint density at radius 2 is 1.50 bits per heavy atom. The van der Waals surface area contributed by atoms with Gasteiger partial charge >= 0.3 is 0 Å². The average molecular weight is 293 g/mol.